The second-order valence-corrected chi connectivity index (χ2v) is 23.3. The second-order valence-electron chi connectivity index (χ2n) is 22.3. The Balaban J connectivity index is 0.970. The Morgan fingerprint density at radius 3 is 2.26 bits per heavy atom. The van der Waals surface area contributed by atoms with Gasteiger partial charge in [-0.25, -0.2) is 19.6 Å². The number of thiazole rings is 1. The number of ether oxygens (including phenoxy) is 2. The average molecular weight is 915 g/mol. The van der Waals surface area contributed by atoms with Crippen molar-refractivity contribution in [2.24, 2.45) is 16.2 Å². The van der Waals surface area contributed by atoms with Crippen LogP contribution in [0.2, 0.25) is 0 Å². The lowest BCUT2D eigenvalue weighted by atomic mass is 9.38. The maximum atomic E-state index is 14.2. The standard InChI is InChI=1S/C51H62N8O6S/c1-31-35(21-53-59(31)30-50-25-48(8)24-49(9,26-50)28-51(27-48,29-50)57-40(60)22-52-45(63)65-47(5,6)7)33-17-18-39(55-41(33)43(62)64-46(2,3)4)58-20-19-32-13-12-14-34(36(32)23-58)42(61)56-44-54-37-15-10-11-16-38(37)66-44/h10-18,21H,19-20,22-30H2,1-9H3,(H,52,63)(H,57,60)(H,54,56,61). The number of benzene rings is 2. The van der Waals surface area contributed by atoms with Crippen molar-refractivity contribution in [1.82, 2.24) is 30.4 Å². The van der Waals surface area contributed by atoms with Gasteiger partial charge in [-0.2, -0.15) is 5.10 Å². The molecule has 4 heterocycles. The zero-order valence-corrected chi connectivity index (χ0v) is 40.5. The molecular weight excluding hydrogens is 853 g/mol. The largest absolute Gasteiger partial charge is 0.455 e. The van der Waals surface area contributed by atoms with Gasteiger partial charge in [-0.1, -0.05) is 49.4 Å². The summed E-state index contributed by atoms with van der Waals surface area (Å²) in [6.07, 6.45) is 7.62. The summed E-state index contributed by atoms with van der Waals surface area (Å²) in [7, 11) is 0. The SMILES string of the molecule is Cc1c(-c2ccc(N3CCc4cccc(C(=O)Nc5nc6ccccc6s5)c4C3)nc2C(=O)OC(C)(C)C)cnn1CC12CC3(C)CC(C)(C1)CC(NC(=O)CNC(=O)OC(C)(C)C)(C3)C2. The smallest absolute Gasteiger partial charge is 0.408 e. The van der Waals surface area contributed by atoms with E-state index in [2.05, 4.69) is 50.4 Å². The molecule has 3 amide bonds. The molecule has 14 nitrogen and oxygen atoms in total. The van der Waals surface area contributed by atoms with E-state index in [0.717, 1.165) is 71.1 Å². The summed E-state index contributed by atoms with van der Waals surface area (Å²) >= 11 is 1.44. The van der Waals surface area contributed by atoms with Crippen LogP contribution in [0.3, 0.4) is 0 Å². The molecule has 348 valence electrons. The molecule has 3 aromatic heterocycles. The predicted molar refractivity (Wildman–Crippen MR) is 256 cm³/mol. The maximum absolute atomic E-state index is 14.2. The number of nitrogens with one attached hydrogen (secondary N) is 3. The van der Waals surface area contributed by atoms with Crippen LogP contribution in [0, 0.1) is 23.2 Å². The van der Waals surface area contributed by atoms with Crippen molar-refractivity contribution in [3.8, 4) is 11.1 Å². The number of anilines is 2. The van der Waals surface area contributed by atoms with Gasteiger partial charge in [0.15, 0.2) is 10.8 Å². The first-order valence-electron chi connectivity index (χ1n) is 23.1. The fourth-order valence-corrected chi connectivity index (χ4v) is 13.5. The first kappa shape index (κ1) is 45.3. The van der Waals surface area contributed by atoms with Gasteiger partial charge in [0.2, 0.25) is 5.91 Å². The number of esters is 1. The minimum atomic E-state index is -0.761. The molecule has 66 heavy (non-hydrogen) atoms. The van der Waals surface area contributed by atoms with E-state index in [1.807, 2.05) is 82.4 Å². The number of amides is 3. The molecule has 2 atom stereocenters. The number of hydrogen-bond acceptors (Lipinski definition) is 11. The fraction of sp³-hybridized carbons (Fsp3) is 0.510. The van der Waals surface area contributed by atoms with Gasteiger partial charge < -0.3 is 25.0 Å². The molecule has 2 unspecified atom stereocenters. The minimum Gasteiger partial charge on any atom is -0.455 e. The minimum absolute atomic E-state index is 0.0266. The van der Waals surface area contributed by atoms with Crippen molar-refractivity contribution in [3.05, 3.63) is 88.9 Å². The molecule has 0 radical (unpaired) electrons. The van der Waals surface area contributed by atoms with E-state index in [1.165, 1.54) is 11.3 Å². The van der Waals surface area contributed by atoms with E-state index in [1.54, 1.807) is 20.8 Å². The van der Waals surface area contributed by atoms with Crippen LogP contribution in [0.5, 0.6) is 0 Å². The first-order chi connectivity index (χ1) is 31.0. The average Bonchev–Trinajstić information content (AvgIpc) is 3.78. The van der Waals surface area contributed by atoms with Crippen LogP contribution in [0.1, 0.15) is 132 Å². The molecule has 15 heteroatoms. The number of fused-ring (bicyclic) bond motifs is 2. The molecule has 4 fully saturated rings. The summed E-state index contributed by atoms with van der Waals surface area (Å²) in [5.74, 6) is -0.350. The van der Waals surface area contributed by atoms with Gasteiger partial charge in [0.25, 0.3) is 5.91 Å². The highest BCUT2D eigenvalue weighted by Gasteiger charge is 2.66. The Kier molecular flexibility index (Phi) is 11.1. The van der Waals surface area contributed by atoms with Crippen LogP contribution >= 0.6 is 11.3 Å². The van der Waals surface area contributed by atoms with Crippen molar-refractivity contribution >= 4 is 56.4 Å². The van der Waals surface area contributed by atoms with Crippen LogP contribution in [-0.4, -0.2) is 73.5 Å². The second kappa shape index (κ2) is 16.2. The molecule has 1 aliphatic heterocycles. The third kappa shape index (κ3) is 9.28. The monoisotopic (exact) mass is 914 g/mol. The van der Waals surface area contributed by atoms with E-state index >= 15 is 0 Å². The van der Waals surface area contributed by atoms with Crippen molar-refractivity contribution in [3.63, 3.8) is 0 Å². The molecule has 5 aromatic rings. The lowest BCUT2D eigenvalue weighted by molar-refractivity contribution is -0.174. The van der Waals surface area contributed by atoms with Gasteiger partial charge in [0.05, 0.1) is 16.4 Å². The van der Waals surface area contributed by atoms with Crippen molar-refractivity contribution in [2.45, 2.75) is 137 Å². The molecule has 0 spiro atoms. The van der Waals surface area contributed by atoms with Crippen LogP contribution < -0.4 is 20.9 Å². The number of carbonyl (C=O) groups is 4. The van der Waals surface area contributed by atoms with E-state index in [0.29, 0.717) is 48.1 Å². The molecular formula is C51H62N8O6S. The molecule has 4 saturated carbocycles. The normalized spacial score (nSPS) is 24.5. The topological polar surface area (TPSA) is 170 Å². The number of nitrogens with zero attached hydrogens (tertiary/aromatic N) is 5. The molecule has 3 N–H and O–H groups in total. The molecule has 5 aliphatic rings. The van der Waals surface area contributed by atoms with Gasteiger partial charge >= 0.3 is 12.1 Å². The first-order valence-corrected chi connectivity index (χ1v) is 23.9. The Morgan fingerprint density at radius 1 is 0.818 bits per heavy atom. The number of aromatic nitrogens is 4. The molecule has 2 aromatic carbocycles. The Bertz CT molecular complexity index is 2710. The fourth-order valence-electron chi connectivity index (χ4n) is 12.6. The van der Waals surface area contributed by atoms with E-state index in [-0.39, 0.29) is 40.3 Å². The summed E-state index contributed by atoms with van der Waals surface area (Å²) in [5, 5.41) is 14.6. The van der Waals surface area contributed by atoms with Crippen molar-refractivity contribution in [2.75, 3.05) is 23.3 Å². The Hall–Kier alpha value is -5.83. The molecule has 10 rings (SSSR count). The van der Waals surface area contributed by atoms with Crippen molar-refractivity contribution < 1.29 is 28.7 Å². The summed E-state index contributed by atoms with van der Waals surface area (Å²) in [5.41, 5.74) is 4.06. The maximum Gasteiger partial charge on any atom is 0.408 e. The zero-order valence-electron chi connectivity index (χ0n) is 39.6. The van der Waals surface area contributed by atoms with Gasteiger partial charge in [-0.05, 0) is 151 Å². The zero-order chi connectivity index (χ0) is 47.0. The van der Waals surface area contributed by atoms with Gasteiger partial charge in [0.1, 0.15) is 23.6 Å². The highest BCUT2D eigenvalue weighted by molar-refractivity contribution is 7.22. The third-order valence-electron chi connectivity index (χ3n) is 13.6. The van der Waals surface area contributed by atoms with Crippen molar-refractivity contribution in [1.29, 1.82) is 0 Å². The molecule has 4 aliphatic carbocycles. The number of hydrogen-bond donors (Lipinski definition) is 3. The van der Waals surface area contributed by atoms with E-state index in [4.69, 9.17) is 19.6 Å². The lowest BCUT2D eigenvalue weighted by Gasteiger charge is -2.69. The van der Waals surface area contributed by atoms with Crippen LogP contribution in [0.4, 0.5) is 15.7 Å². The number of alkyl carbamates (subject to hydrolysis) is 1. The van der Waals surface area contributed by atoms with Gasteiger partial charge in [0, 0.05) is 47.6 Å². The highest BCUT2D eigenvalue weighted by atomic mass is 32.1. The Morgan fingerprint density at radius 2 is 1.55 bits per heavy atom. The summed E-state index contributed by atoms with van der Waals surface area (Å²) in [6.45, 7) is 19.3. The summed E-state index contributed by atoms with van der Waals surface area (Å²) in [6, 6.07) is 17.5. The molecule has 4 bridgehead atoms. The van der Waals surface area contributed by atoms with E-state index in [9.17, 15) is 19.2 Å². The Labute approximate surface area is 390 Å². The van der Waals surface area contributed by atoms with Crippen LogP contribution in [0.25, 0.3) is 21.3 Å². The lowest BCUT2D eigenvalue weighted by Crippen LogP contribution is -2.69. The van der Waals surface area contributed by atoms with E-state index < -0.39 is 28.8 Å². The molecule has 0 saturated heterocycles. The number of rotatable bonds is 10. The summed E-state index contributed by atoms with van der Waals surface area (Å²) < 4.78 is 14.5. The van der Waals surface area contributed by atoms with Gasteiger partial charge in [-0.15, -0.1) is 0 Å². The quantitative estimate of drug-likeness (QED) is 0.115. The van der Waals surface area contributed by atoms with Crippen LogP contribution in [-0.2, 0) is 33.8 Å². The predicted octanol–water partition coefficient (Wildman–Crippen LogP) is 9.39. The number of carbonyl (C=O) groups excluding carboxylic acids is 4. The van der Waals surface area contributed by atoms with Crippen LogP contribution in [0.15, 0.2) is 60.8 Å². The van der Waals surface area contributed by atoms with Gasteiger partial charge in [-0.3, -0.25) is 19.6 Å². The number of pyridine rings is 1. The number of para-hydroxylation sites is 1. The summed E-state index contributed by atoms with van der Waals surface area (Å²) in [4.78, 5) is 65.7. The highest BCUT2D eigenvalue weighted by Crippen LogP contribution is 2.71. The third-order valence-corrected chi connectivity index (χ3v) is 14.6.